The van der Waals surface area contributed by atoms with Gasteiger partial charge in [0.25, 0.3) is 5.91 Å². The summed E-state index contributed by atoms with van der Waals surface area (Å²) in [6.45, 7) is -0.536. The molecular formula is C7H7N3O5. The van der Waals surface area contributed by atoms with Gasteiger partial charge in [-0.15, -0.1) is 0 Å². The number of carbonyl (C=O) groups is 2. The number of H-pyrrole nitrogens is 1. The van der Waals surface area contributed by atoms with Crippen LogP contribution in [0.25, 0.3) is 0 Å². The van der Waals surface area contributed by atoms with Crippen molar-refractivity contribution in [2.24, 2.45) is 0 Å². The standard InChI is InChI=1S/C7H7N3O5/c11-6(12)3-8-7(13)4-1-2-5(9-4)10(14)15/h1-2,9H,3H2,(H,8,13)(H,11,12). The summed E-state index contributed by atoms with van der Waals surface area (Å²) in [6, 6.07) is 2.32. The SMILES string of the molecule is O=C(O)CNC(=O)c1ccc([N+](=O)[O-])[nH]1. The van der Waals surface area contributed by atoms with Crippen LogP contribution >= 0.6 is 0 Å². The predicted octanol–water partition coefficient (Wildman–Crippen LogP) is -0.263. The highest BCUT2D eigenvalue weighted by molar-refractivity contribution is 5.94. The number of rotatable bonds is 4. The third-order valence-corrected chi connectivity index (χ3v) is 1.51. The molecule has 8 heteroatoms. The first-order valence-corrected chi connectivity index (χ1v) is 3.84. The number of nitrogens with zero attached hydrogens (tertiary/aromatic N) is 1. The quantitative estimate of drug-likeness (QED) is 0.469. The van der Waals surface area contributed by atoms with Crippen LogP contribution in [0.4, 0.5) is 5.82 Å². The second-order valence-electron chi connectivity index (χ2n) is 2.59. The van der Waals surface area contributed by atoms with Crippen LogP contribution in [0.3, 0.4) is 0 Å². The fourth-order valence-electron chi connectivity index (χ4n) is 0.874. The number of aromatic nitrogens is 1. The molecule has 0 unspecified atom stereocenters. The van der Waals surface area contributed by atoms with Crippen LogP contribution in [-0.2, 0) is 4.79 Å². The van der Waals surface area contributed by atoms with Crippen LogP contribution in [0.5, 0.6) is 0 Å². The van der Waals surface area contributed by atoms with Crippen molar-refractivity contribution in [2.75, 3.05) is 6.54 Å². The number of aromatic amines is 1. The number of amides is 1. The molecule has 0 aliphatic heterocycles. The predicted molar refractivity (Wildman–Crippen MR) is 47.4 cm³/mol. The van der Waals surface area contributed by atoms with E-state index in [-0.39, 0.29) is 11.5 Å². The molecular weight excluding hydrogens is 206 g/mol. The van der Waals surface area contributed by atoms with Gasteiger partial charge in [-0.3, -0.25) is 9.59 Å². The van der Waals surface area contributed by atoms with Gasteiger partial charge in [-0.05, 0) is 11.0 Å². The average Bonchev–Trinajstić information content (AvgIpc) is 2.62. The zero-order valence-corrected chi connectivity index (χ0v) is 7.39. The van der Waals surface area contributed by atoms with E-state index >= 15 is 0 Å². The molecule has 80 valence electrons. The molecule has 3 N–H and O–H groups in total. The molecule has 1 rings (SSSR count). The van der Waals surface area contributed by atoms with Gasteiger partial charge in [0.1, 0.15) is 6.54 Å². The maximum Gasteiger partial charge on any atom is 0.322 e. The second kappa shape index (κ2) is 4.22. The largest absolute Gasteiger partial charge is 0.480 e. The number of carbonyl (C=O) groups excluding carboxylic acids is 1. The highest BCUT2D eigenvalue weighted by atomic mass is 16.6. The average molecular weight is 213 g/mol. The number of hydrogen-bond acceptors (Lipinski definition) is 4. The van der Waals surface area contributed by atoms with Gasteiger partial charge in [-0.2, -0.15) is 0 Å². The summed E-state index contributed by atoms with van der Waals surface area (Å²) < 4.78 is 0. The van der Waals surface area contributed by atoms with E-state index in [1.165, 1.54) is 6.07 Å². The van der Waals surface area contributed by atoms with E-state index in [1.54, 1.807) is 0 Å². The molecule has 1 aromatic heterocycles. The number of aliphatic carboxylic acids is 1. The molecule has 15 heavy (non-hydrogen) atoms. The molecule has 1 aromatic rings. The summed E-state index contributed by atoms with van der Waals surface area (Å²) in [6.07, 6.45) is 0. The Balaban J connectivity index is 2.66. The van der Waals surface area contributed by atoms with E-state index in [1.807, 2.05) is 0 Å². The molecule has 0 bridgehead atoms. The normalized spacial score (nSPS) is 9.60. The van der Waals surface area contributed by atoms with Gasteiger partial charge in [-0.25, -0.2) is 4.98 Å². The van der Waals surface area contributed by atoms with Crippen LogP contribution < -0.4 is 5.32 Å². The first-order valence-electron chi connectivity index (χ1n) is 3.84. The van der Waals surface area contributed by atoms with Crippen molar-refractivity contribution in [2.45, 2.75) is 0 Å². The Kier molecular flexibility index (Phi) is 3.01. The number of hydrogen-bond donors (Lipinski definition) is 3. The monoisotopic (exact) mass is 213 g/mol. The summed E-state index contributed by atoms with van der Waals surface area (Å²) in [4.78, 5) is 33.1. The van der Waals surface area contributed by atoms with Gasteiger partial charge in [0.2, 0.25) is 0 Å². The first kappa shape index (κ1) is 10.7. The molecule has 0 radical (unpaired) electrons. The third kappa shape index (κ3) is 2.79. The highest BCUT2D eigenvalue weighted by Crippen LogP contribution is 2.09. The summed E-state index contributed by atoms with van der Waals surface area (Å²) in [5, 5.41) is 20.6. The Labute approximate surface area is 83.1 Å². The minimum absolute atomic E-state index is 0.0528. The van der Waals surface area contributed by atoms with E-state index in [0.29, 0.717) is 0 Å². The molecule has 0 saturated carbocycles. The van der Waals surface area contributed by atoms with Crippen molar-refractivity contribution in [1.82, 2.24) is 10.3 Å². The lowest BCUT2D eigenvalue weighted by Gasteiger charge is -1.96. The maximum absolute atomic E-state index is 11.2. The Morgan fingerprint density at radius 3 is 2.67 bits per heavy atom. The second-order valence-corrected chi connectivity index (χ2v) is 2.59. The van der Waals surface area contributed by atoms with E-state index in [9.17, 15) is 19.7 Å². The minimum Gasteiger partial charge on any atom is -0.480 e. The Morgan fingerprint density at radius 2 is 2.20 bits per heavy atom. The van der Waals surface area contributed by atoms with Crippen molar-refractivity contribution >= 4 is 17.7 Å². The van der Waals surface area contributed by atoms with Crippen LogP contribution in [0.2, 0.25) is 0 Å². The molecule has 0 spiro atoms. The number of carboxylic acids is 1. The Bertz CT molecular complexity index is 411. The molecule has 0 fully saturated rings. The van der Waals surface area contributed by atoms with Crippen molar-refractivity contribution in [3.05, 3.63) is 27.9 Å². The van der Waals surface area contributed by atoms with Gasteiger partial charge >= 0.3 is 11.8 Å². The zero-order chi connectivity index (χ0) is 11.4. The van der Waals surface area contributed by atoms with Crippen LogP contribution in [0, 0.1) is 10.1 Å². The zero-order valence-electron chi connectivity index (χ0n) is 7.39. The van der Waals surface area contributed by atoms with Crippen LogP contribution in [-0.4, -0.2) is 33.4 Å². The van der Waals surface area contributed by atoms with Crippen LogP contribution in [0.1, 0.15) is 10.5 Å². The maximum atomic E-state index is 11.2. The molecule has 8 nitrogen and oxygen atoms in total. The smallest absolute Gasteiger partial charge is 0.322 e. The topological polar surface area (TPSA) is 125 Å². The van der Waals surface area contributed by atoms with Gasteiger partial charge in [0, 0.05) is 6.07 Å². The van der Waals surface area contributed by atoms with Gasteiger partial charge in [0.15, 0.2) is 5.69 Å². The molecule has 1 heterocycles. The molecule has 0 aliphatic rings. The molecule has 0 aliphatic carbocycles. The fourth-order valence-corrected chi connectivity index (χ4v) is 0.874. The minimum atomic E-state index is -1.19. The third-order valence-electron chi connectivity index (χ3n) is 1.51. The summed E-state index contributed by atoms with van der Waals surface area (Å²) in [7, 11) is 0. The van der Waals surface area contributed by atoms with Crippen molar-refractivity contribution in [3.8, 4) is 0 Å². The van der Waals surface area contributed by atoms with E-state index in [0.717, 1.165) is 6.07 Å². The molecule has 0 atom stereocenters. The lowest BCUT2D eigenvalue weighted by atomic mass is 10.4. The Hall–Kier alpha value is -2.38. The number of carboxylic acid groups (broad SMARTS) is 1. The number of nitrogens with one attached hydrogen (secondary N) is 2. The van der Waals surface area contributed by atoms with Gasteiger partial charge in [0.05, 0.1) is 0 Å². The number of nitro groups is 1. The molecule has 0 aromatic carbocycles. The Morgan fingerprint density at radius 1 is 1.53 bits per heavy atom. The van der Waals surface area contributed by atoms with E-state index < -0.39 is 23.3 Å². The van der Waals surface area contributed by atoms with E-state index in [2.05, 4.69) is 10.3 Å². The van der Waals surface area contributed by atoms with Crippen molar-refractivity contribution < 1.29 is 19.6 Å². The van der Waals surface area contributed by atoms with Gasteiger partial charge in [-0.1, -0.05) is 0 Å². The first-order chi connectivity index (χ1) is 7.00. The van der Waals surface area contributed by atoms with E-state index in [4.69, 9.17) is 5.11 Å². The summed E-state index contributed by atoms with van der Waals surface area (Å²) in [5.74, 6) is -2.22. The summed E-state index contributed by atoms with van der Waals surface area (Å²) >= 11 is 0. The van der Waals surface area contributed by atoms with Crippen molar-refractivity contribution in [1.29, 1.82) is 0 Å². The van der Waals surface area contributed by atoms with Gasteiger partial charge < -0.3 is 20.5 Å². The lowest BCUT2D eigenvalue weighted by molar-refractivity contribution is -0.389. The van der Waals surface area contributed by atoms with Crippen molar-refractivity contribution in [3.63, 3.8) is 0 Å². The fraction of sp³-hybridized carbons (Fsp3) is 0.143. The lowest BCUT2D eigenvalue weighted by Crippen LogP contribution is -2.29. The highest BCUT2D eigenvalue weighted by Gasteiger charge is 2.15. The van der Waals surface area contributed by atoms with Crippen LogP contribution in [0.15, 0.2) is 12.1 Å². The molecule has 0 saturated heterocycles. The summed E-state index contributed by atoms with van der Waals surface area (Å²) in [5.41, 5.74) is -0.0528. The molecule has 1 amide bonds.